The molecule has 1 aromatic heterocycles. The lowest BCUT2D eigenvalue weighted by Crippen LogP contribution is -2.47. The second-order valence-electron chi connectivity index (χ2n) is 9.98. The molecule has 4 N–H and O–H groups in total. The summed E-state index contributed by atoms with van der Waals surface area (Å²) in [6.45, 7) is 2.47. The number of carbonyl (C=O) groups is 1. The summed E-state index contributed by atoms with van der Waals surface area (Å²) in [6.07, 6.45) is 1.49. The molecule has 3 aromatic rings. The van der Waals surface area contributed by atoms with Gasteiger partial charge in [-0.2, -0.15) is 0 Å². The molecule has 0 spiro atoms. The highest BCUT2D eigenvalue weighted by atomic mass is 32.1. The Labute approximate surface area is 229 Å². The van der Waals surface area contributed by atoms with Crippen molar-refractivity contribution in [2.24, 2.45) is 0 Å². The summed E-state index contributed by atoms with van der Waals surface area (Å²) in [4.78, 5) is 29.0. The van der Waals surface area contributed by atoms with Crippen LogP contribution >= 0.6 is 11.3 Å². The summed E-state index contributed by atoms with van der Waals surface area (Å²) in [5, 5.41) is 16.5. The van der Waals surface area contributed by atoms with E-state index < -0.39 is 5.92 Å². The molecule has 0 radical (unpaired) electrons. The molecule has 0 unspecified atom stereocenters. The van der Waals surface area contributed by atoms with Gasteiger partial charge in [-0.15, -0.1) is 0 Å². The van der Waals surface area contributed by atoms with Crippen LogP contribution in [-0.4, -0.2) is 65.6 Å². The Balaban J connectivity index is 1.25. The zero-order valence-corrected chi connectivity index (χ0v) is 22.6. The second-order valence-corrected chi connectivity index (χ2v) is 11.0. The van der Waals surface area contributed by atoms with Gasteiger partial charge in [-0.3, -0.25) is 9.59 Å². The number of hydrogen-bond donors (Lipinski definition) is 4. The number of aromatic nitrogens is 1. The number of aromatic hydroxyl groups is 1. The zero-order valence-electron chi connectivity index (χ0n) is 21.8. The van der Waals surface area contributed by atoms with E-state index in [1.54, 1.807) is 35.2 Å². The van der Waals surface area contributed by atoms with Crippen LogP contribution in [0.25, 0.3) is 10.2 Å². The molecule has 39 heavy (non-hydrogen) atoms. The fourth-order valence-electron chi connectivity index (χ4n) is 5.05. The zero-order chi connectivity index (χ0) is 27.8. The van der Waals surface area contributed by atoms with Gasteiger partial charge in [0, 0.05) is 44.9 Å². The number of phenolic OH excluding ortho intramolecular Hbond substituents is 1. The van der Waals surface area contributed by atoms with Crippen LogP contribution in [0.5, 0.6) is 5.75 Å². The van der Waals surface area contributed by atoms with E-state index in [4.69, 9.17) is 0 Å². The number of phenols is 1. The van der Waals surface area contributed by atoms with Gasteiger partial charge in [0.25, 0.3) is 0 Å². The number of nitrogens with one attached hydrogen (secondary N) is 3. The lowest BCUT2D eigenvalue weighted by Gasteiger charge is -2.37. The van der Waals surface area contributed by atoms with Crippen molar-refractivity contribution in [3.05, 3.63) is 63.0 Å². The van der Waals surface area contributed by atoms with E-state index in [1.807, 2.05) is 0 Å². The van der Waals surface area contributed by atoms with Crippen molar-refractivity contribution >= 4 is 27.5 Å². The molecule has 0 aliphatic heterocycles. The number of aromatic amines is 1. The molecule has 11 heteroatoms. The van der Waals surface area contributed by atoms with Crippen molar-refractivity contribution in [3.8, 4) is 5.75 Å². The van der Waals surface area contributed by atoms with Crippen LogP contribution in [0.15, 0.2) is 41.2 Å². The van der Waals surface area contributed by atoms with Crippen LogP contribution in [0.4, 0.5) is 13.2 Å². The maximum absolute atomic E-state index is 13.8. The maximum atomic E-state index is 13.8. The van der Waals surface area contributed by atoms with Gasteiger partial charge in [-0.05, 0) is 62.0 Å². The van der Waals surface area contributed by atoms with Gasteiger partial charge in [-0.25, -0.2) is 13.2 Å². The minimum absolute atomic E-state index is 0.0361. The van der Waals surface area contributed by atoms with Crippen LogP contribution in [0.2, 0.25) is 0 Å². The van der Waals surface area contributed by atoms with Gasteiger partial charge in [-0.1, -0.05) is 35.6 Å². The van der Waals surface area contributed by atoms with Crippen molar-refractivity contribution in [3.63, 3.8) is 0 Å². The number of halogens is 3. The Morgan fingerprint density at radius 2 is 1.72 bits per heavy atom. The first-order chi connectivity index (χ1) is 18.7. The summed E-state index contributed by atoms with van der Waals surface area (Å²) >= 11 is 1.06. The molecule has 0 saturated heterocycles. The number of hydrogen-bond acceptors (Lipinski definition) is 6. The Morgan fingerprint density at radius 1 is 1.03 bits per heavy atom. The average Bonchev–Trinajstić information content (AvgIpc) is 3.31. The van der Waals surface area contributed by atoms with Gasteiger partial charge in [0.1, 0.15) is 17.1 Å². The highest BCUT2D eigenvalue weighted by Gasteiger charge is 2.37. The first-order valence-corrected chi connectivity index (χ1v) is 14.2. The predicted octanol–water partition coefficient (Wildman–Crippen LogP) is 4.20. The first kappa shape index (κ1) is 29.1. The van der Waals surface area contributed by atoms with E-state index in [0.717, 1.165) is 21.6 Å². The van der Waals surface area contributed by atoms with E-state index in [0.29, 0.717) is 56.6 Å². The number of carbonyl (C=O) groups excluding carboxylic acids is 1. The third-order valence-corrected chi connectivity index (χ3v) is 8.19. The smallest absolute Gasteiger partial charge is 0.305 e. The average molecular weight is 565 g/mol. The Bertz CT molecular complexity index is 1300. The van der Waals surface area contributed by atoms with Crippen molar-refractivity contribution < 1.29 is 23.1 Å². The summed E-state index contributed by atoms with van der Waals surface area (Å²) in [5.41, 5.74) is 1.99. The van der Waals surface area contributed by atoms with Crippen molar-refractivity contribution in [1.82, 2.24) is 20.5 Å². The molecule has 7 nitrogen and oxygen atoms in total. The minimum Gasteiger partial charge on any atom is -0.506 e. The van der Waals surface area contributed by atoms with Gasteiger partial charge in [0.15, 0.2) is 0 Å². The summed E-state index contributed by atoms with van der Waals surface area (Å²) in [6, 6.07) is 9.73. The number of thiazole rings is 1. The van der Waals surface area contributed by atoms with Crippen LogP contribution in [0, 0.1) is 5.82 Å². The maximum Gasteiger partial charge on any atom is 0.305 e. The van der Waals surface area contributed by atoms with Crippen molar-refractivity contribution in [2.75, 3.05) is 32.7 Å². The second kappa shape index (κ2) is 13.5. The number of nitrogens with zero attached hydrogens (tertiary/aromatic N) is 1. The van der Waals surface area contributed by atoms with Crippen LogP contribution in [-0.2, 0) is 17.6 Å². The summed E-state index contributed by atoms with van der Waals surface area (Å²) in [7, 11) is 0. The molecular weight excluding hydrogens is 529 g/mol. The molecule has 1 fully saturated rings. The number of H-pyrrole nitrogens is 1. The highest BCUT2D eigenvalue weighted by Crippen LogP contribution is 2.35. The Morgan fingerprint density at radius 3 is 2.46 bits per heavy atom. The topological polar surface area (TPSA) is 97.5 Å². The van der Waals surface area contributed by atoms with Crippen molar-refractivity contribution in [2.45, 2.75) is 56.9 Å². The van der Waals surface area contributed by atoms with E-state index in [1.165, 1.54) is 6.07 Å². The number of benzene rings is 2. The fourth-order valence-corrected chi connectivity index (χ4v) is 5.95. The first-order valence-electron chi connectivity index (χ1n) is 13.4. The van der Waals surface area contributed by atoms with E-state index >= 15 is 0 Å². The third-order valence-electron chi connectivity index (χ3n) is 7.23. The van der Waals surface area contributed by atoms with E-state index in [9.17, 15) is 27.9 Å². The van der Waals surface area contributed by atoms with Crippen LogP contribution in [0.3, 0.4) is 0 Å². The van der Waals surface area contributed by atoms with Crippen molar-refractivity contribution in [1.29, 1.82) is 0 Å². The predicted molar refractivity (Wildman–Crippen MR) is 147 cm³/mol. The van der Waals surface area contributed by atoms with Gasteiger partial charge in [0.2, 0.25) is 11.8 Å². The SMILES string of the molecule is O=C(CCNCCc1ccccc1F)N(CCNCCc1ccc(O)c2[nH]c(=O)sc12)C1CCC(F)(F)CC1. The fraction of sp³-hybridized carbons (Fsp3) is 0.500. The quantitative estimate of drug-likeness (QED) is 0.234. The molecule has 4 rings (SSSR count). The number of alkyl halides is 2. The molecule has 1 saturated carbocycles. The summed E-state index contributed by atoms with van der Waals surface area (Å²) < 4.78 is 42.0. The van der Waals surface area contributed by atoms with Gasteiger partial charge >= 0.3 is 4.87 Å². The van der Waals surface area contributed by atoms with Crippen LogP contribution < -0.4 is 15.5 Å². The Kier molecular flexibility index (Phi) is 10.0. The number of fused-ring (bicyclic) bond motifs is 1. The number of amides is 1. The largest absolute Gasteiger partial charge is 0.506 e. The standard InChI is InChI=1S/C28H35F3N4O3S/c29-22-4-2-1-3-19(22)9-14-32-16-11-24(37)35(21-7-12-28(30,31)13-8-21)18-17-33-15-10-20-5-6-23(36)25-26(20)39-27(38)34-25/h1-6,21,32-33,36H,7-18H2,(H,34,38). The lowest BCUT2D eigenvalue weighted by atomic mass is 9.91. The third kappa shape index (κ3) is 8.06. The lowest BCUT2D eigenvalue weighted by molar-refractivity contribution is -0.136. The normalized spacial score (nSPS) is 15.6. The van der Waals surface area contributed by atoms with Crippen LogP contribution in [0.1, 0.15) is 43.2 Å². The molecule has 1 aliphatic rings. The molecule has 1 aliphatic carbocycles. The molecule has 0 atom stereocenters. The molecule has 1 heterocycles. The summed E-state index contributed by atoms with van der Waals surface area (Å²) in [5.74, 6) is -2.96. The molecular formula is C28H35F3N4O3S. The highest BCUT2D eigenvalue weighted by molar-refractivity contribution is 7.16. The van der Waals surface area contributed by atoms with E-state index in [-0.39, 0.29) is 60.5 Å². The van der Waals surface area contributed by atoms with Gasteiger partial charge in [0.05, 0.1) is 4.70 Å². The minimum atomic E-state index is -2.67. The van der Waals surface area contributed by atoms with Gasteiger partial charge < -0.3 is 25.6 Å². The molecule has 212 valence electrons. The van der Waals surface area contributed by atoms with E-state index in [2.05, 4.69) is 15.6 Å². The molecule has 0 bridgehead atoms. The number of rotatable bonds is 13. The molecule has 2 aromatic carbocycles. The monoisotopic (exact) mass is 564 g/mol. The molecule has 1 amide bonds. The Hall–Kier alpha value is -2.89.